The third kappa shape index (κ3) is 13.5. The van der Waals surface area contributed by atoms with Gasteiger partial charge in [0.05, 0.1) is 13.0 Å². The van der Waals surface area contributed by atoms with Crippen LogP contribution in [0.1, 0.15) is 79.2 Å². The molecule has 1 aromatic rings. The average molecular weight is 537 g/mol. The average Bonchev–Trinajstić information content (AvgIpc) is 2.77. The number of amides is 2. The Hall–Kier alpha value is -2.55. The molecule has 0 saturated heterocycles. The Balaban J connectivity index is 2.64. The summed E-state index contributed by atoms with van der Waals surface area (Å²) < 4.78 is 9.95. The molecule has 1 unspecified atom stereocenters. The van der Waals surface area contributed by atoms with Crippen molar-refractivity contribution in [3.05, 3.63) is 29.8 Å². The molecule has 0 aliphatic rings. The van der Waals surface area contributed by atoms with Crippen molar-refractivity contribution in [1.82, 2.24) is 10.6 Å². The lowest BCUT2D eigenvalue weighted by atomic mass is 9.89. The molecular formula is C28H44N2O6S. The van der Waals surface area contributed by atoms with Gasteiger partial charge >= 0.3 is 11.9 Å². The first-order valence-electron chi connectivity index (χ1n) is 12.8. The van der Waals surface area contributed by atoms with Crippen LogP contribution in [0.3, 0.4) is 0 Å². The number of ether oxygens (including phenoxy) is 2. The molecule has 0 fully saturated rings. The first-order valence-corrected chi connectivity index (χ1v) is 13.9. The van der Waals surface area contributed by atoms with Crippen molar-refractivity contribution in [1.29, 1.82) is 0 Å². The summed E-state index contributed by atoms with van der Waals surface area (Å²) in [5.74, 6) is 0.663. The van der Waals surface area contributed by atoms with E-state index in [4.69, 9.17) is 9.47 Å². The second-order valence-corrected chi connectivity index (χ2v) is 12.1. The molecular weight excluding hydrogens is 492 g/mol. The van der Waals surface area contributed by atoms with Gasteiger partial charge in [-0.15, -0.1) is 0 Å². The highest BCUT2D eigenvalue weighted by Crippen LogP contribution is 2.26. The molecule has 0 aliphatic heterocycles. The highest BCUT2D eigenvalue weighted by Gasteiger charge is 2.25. The van der Waals surface area contributed by atoms with Gasteiger partial charge in [-0.05, 0) is 54.5 Å². The molecule has 3 atom stereocenters. The first kappa shape index (κ1) is 32.5. The minimum absolute atomic E-state index is 0.0519. The quantitative estimate of drug-likeness (QED) is 0.205. The van der Waals surface area contributed by atoms with Crippen molar-refractivity contribution >= 4 is 35.5 Å². The molecule has 2 amide bonds. The van der Waals surface area contributed by atoms with E-state index in [9.17, 15) is 19.2 Å². The summed E-state index contributed by atoms with van der Waals surface area (Å²) in [7, 11) is 1.31. The maximum absolute atomic E-state index is 13.1. The van der Waals surface area contributed by atoms with Gasteiger partial charge in [-0.25, -0.2) is 4.79 Å². The van der Waals surface area contributed by atoms with E-state index in [0.29, 0.717) is 42.4 Å². The van der Waals surface area contributed by atoms with Gasteiger partial charge in [0.25, 0.3) is 0 Å². The molecule has 0 aromatic heterocycles. The van der Waals surface area contributed by atoms with E-state index in [-0.39, 0.29) is 35.2 Å². The summed E-state index contributed by atoms with van der Waals surface area (Å²) in [5, 5.41) is 5.89. The van der Waals surface area contributed by atoms with Gasteiger partial charge in [-0.2, -0.15) is 11.8 Å². The van der Waals surface area contributed by atoms with Crippen molar-refractivity contribution in [2.24, 2.45) is 11.3 Å². The zero-order valence-electron chi connectivity index (χ0n) is 23.5. The molecule has 0 heterocycles. The number of thioether (sulfide) groups is 1. The van der Waals surface area contributed by atoms with Gasteiger partial charge in [0.15, 0.2) is 0 Å². The van der Waals surface area contributed by atoms with Crippen molar-refractivity contribution in [2.45, 2.75) is 85.7 Å². The molecule has 2 N–H and O–H groups in total. The lowest BCUT2D eigenvalue weighted by Crippen LogP contribution is -2.43. The maximum Gasteiger partial charge on any atom is 0.328 e. The largest absolute Gasteiger partial charge is 0.467 e. The van der Waals surface area contributed by atoms with Crippen molar-refractivity contribution in [3.8, 4) is 5.75 Å². The SMILES string of the molecule is COC(=O)[C@H](CCSC[C@@H](C)NC(=O)C(CC(C)C)c1ccc(OC(C)=O)cc1)NC(=O)CC(C)(C)C. The third-order valence-electron chi connectivity index (χ3n) is 5.39. The number of hydrogen-bond acceptors (Lipinski definition) is 7. The Morgan fingerprint density at radius 1 is 1.00 bits per heavy atom. The normalized spacial score (nSPS) is 13.9. The third-order valence-corrected chi connectivity index (χ3v) is 6.65. The van der Waals surface area contributed by atoms with Crippen LogP contribution in [0.5, 0.6) is 5.75 Å². The van der Waals surface area contributed by atoms with Crippen LogP contribution in [0.4, 0.5) is 0 Å². The number of rotatable bonds is 14. The molecule has 208 valence electrons. The predicted molar refractivity (Wildman–Crippen MR) is 148 cm³/mol. The number of methoxy groups -OCH3 is 1. The summed E-state index contributed by atoms with van der Waals surface area (Å²) in [5.41, 5.74) is 0.694. The fourth-order valence-corrected chi connectivity index (χ4v) is 4.77. The maximum atomic E-state index is 13.1. The second kappa shape index (κ2) is 15.6. The van der Waals surface area contributed by atoms with Crippen LogP contribution < -0.4 is 15.4 Å². The highest BCUT2D eigenvalue weighted by atomic mass is 32.2. The van der Waals surface area contributed by atoms with Crippen LogP contribution >= 0.6 is 11.8 Å². The topological polar surface area (TPSA) is 111 Å². The summed E-state index contributed by atoms with van der Waals surface area (Å²) in [6.45, 7) is 13.3. The first-order chi connectivity index (χ1) is 17.2. The summed E-state index contributed by atoms with van der Waals surface area (Å²) in [6, 6.07) is 6.28. The molecule has 8 nitrogen and oxygen atoms in total. The van der Waals surface area contributed by atoms with E-state index in [2.05, 4.69) is 24.5 Å². The van der Waals surface area contributed by atoms with E-state index in [1.165, 1.54) is 14.0 Å². The monoisotopic (exact) mass is 536 g/mol. The van der Waals surface area contributed by atoms with E-state index in [1.807, 2.05) is 39.8 Å². The van der Waals surface area contributed by atoms with E-state index >= 15 is 0 Å². The number of benzene rings is 1. The van der Waals surface area contributed by atoms with Gasteiger partial charge in [0.1, 0.15) is 11.8 Å². The lowest BCUT2D eigenvalue weighted by Gasteiger charge is -2.23. The van der Waals surface area contributed by atoms with Crippen molar-refractivity contribution < 1.29 is 28.7 Å². The van der Waals surface area contributed by atoms with Crippen molar-refractivity contribution in [3.63, 3.8) is 0 Å². The molecule has 1 rings (SSSR count). The van der Waals surface area contributed by atoms with Crippen LogP contribution in [0.2, 0.25) is 0 Å². The standard InChI is InChI=1S/C28H44N2O6S/c1-18(2)15-23(21-9-11-22(12-10-21)36-20(4)31)26(33)29-19(3)17-37-14-13-24(27(34)35-8)30-25(32)16-28(5,6)7/h9-12,18-19,23-24H,13-17H2,1-8H3,(H,29,33)(H,30,32)/t19-,23?,24+/m1/s1. The lowest BCUT2D eigenvalue weighted by molar-refractivity contribution is -0.145. The van der Waals surface area contributed by atoms with Crippen LogP contribution in [-0.2, 0) is 23.9 Å². The molecule has 0 radical (unpaired) electrons. The number of esters is 2. The number of carbonyl (C=O) groups excluding carboxylic acids is 4. The van der Waals surface area contributed by atoms with Gasteiger partial charge in [-0.3, -0.25) is 14.4 Å². The molecule has 0 saturated carbocycles. The molecule has 1 aromatic carbocycles. The fourth-order valence-electron chi connectivity index (χ4n) is 3.76. The summed E-state index contributed by atoms with van der Waals surface area (Å²) in [6.07, 6.45) is 1.45. The zero-order valence-corrected chi connectivity index (χ0v) is 24.3. The molecule has 37 heavy (non-hydrogen) atoms. The van der Waals surface area contributed by atoms with Crippen LogP contribution in [0.25, 0.3) is 0 Å². The van der Waals surface area contributed by atoms with Crippen LogP contribution in [-0.4, -0.2) is 54.5 Å². The second-order valence-electron chi connectivity index (χ2n) is 11.0. The zero-order chi connectivity index (χ0) is 28.2. The van der Waals surface area contributed by atoms with Gasteiger partial charge < -0.3 is 20.1 Å². The Kier molecular flexibility index (Phi) is 13.7. The Labute approximate surface area is 226 Å². The minimum atomic E-state index is -0.692. The Morgan fingerprint density at radius 3 is 2.14 bits per heavy atom. The van der Waals surface area contributed by atoms with E-state index in [1.54, 1.807) is 23.9 Å². The fraction of sp³-hybridized carbons (Fsp3) is 0.643. The van der Waals surface area contributed by atoms with Gasteiger partial charge in [0.2, 0.25) is 11.8 Å². The summed E-state index contributed by atoms with van der Waals surface area (Å²) in [4.78, 5) is 48.7. The van der Waals surface area contributed by atoms with Crippen LogP contribution in [0.15, 0.2) is 24.3 Å². The summed E-state index contributed by atoms with van der Waals surface area (Å²) >= 11 is 1.61. The molecule has 0 bridgehead atoms. The van der Waals surface area contributed by atoms with Crippen LogP contribution in [0, 0.1) is 11.3 Å². The molecule has 0 aliphatic carbocycles. The number of hydrogen-bond donors (Lipinski definition) is 2. The number of carbonyl (C=O) groups is 4. The predicted octanol–water partition coefficient (Wildman–Crippen LogP) is 4.46. The highest BCUT2D eigenvalue weighted by molar-refractivity contribution is 7.99. The Morgan fingerprint density at radius 2 is 1.62 bits per heavy atom. The van der Waals surface area contributed by atoms with E-state index < -0.39 is 12.0 Å². The molecule has 9 heteroatoms. The smallest absolute Gasteiger partial charge is 0.328 e. The Bertz CT molecular complexity index is 895. The minimum Gasteiger partial charge on any atom is -0.467 e. The van der Waals surface area contributed by atoms with Gasteiger partial charge in [0, 0.05) is 25.1 Å². The molecule has 0 spiro atoms. The van der Waals surface area contributed by atoms with E-state index in [0.717, 1.165) is 5.56 Å². The van der Waals surface area contributed by atoms with Crippen molar-refractivity contribution in [2.75, 3.05) is 18.6 Å². The number of nitrogens with one attached hydrogen (secondary N) is 2. The van der Waals surface area contributed by atoms with Gasteiger partial charge in [-0.1, -0.05) is 46.8 Å².